The molecule has 71 heavy (non-hydrogen) atoms. The van der Waals surface area contributed by atoms with Crippen LogP contribution in [0.15, 0.2) is 0 Å². The van der Waals surface area contributed by atoms with Gasteiger partial charge in [0.25, 0.3) is 0 Å². The molecule has 0 unspecified atom stereocenters. The predicted octanol–water partition coefficient (Wildman–Crippen LogP) is 10.1. The Kier molecular flexibility index (Phi) is 37.5. The van der Waals surface area contributed by atoms with Crippen molar-refractivity contribution in [1.29, 1.82) is 0 Å². The normalized spacial score (nSPS) is 14.0. The van der Waals surface area contributed by atoms with Crippen LogP contribution in [0.1, 0.15) is 78.1 Å². The average Bonchev–Trinajstić information content (AvgIpc) is 3.40. The summed E-state index contributed by atoms with van der Waals surface area (Å²) in [7, 11) is 10.1. The summed E-state index contributed by atoms with van der Waals surface area (Å²) in [4.78, 5) is 0. The van der Waals surface area contributed by atoms with E-state index in [2.05, 4.69) is 13.8 Å². The highest BCUT2D eigenvalue weighted by molar-refractivity contribution is 6.81. The van der Waals surface area contributed by atoms with E-state index >= 15 is 0 Å². The van der Waals surface area contributed by atoms with Gasteiger partial charge in [-0.15, -0.1) is 0 Å². The van der Waals surface area contributed by atoms with E-state index in [4.69, 9.17) is 79.7 Å². The second kappa shape index (κ2) is 37.0. The largest absolute Gasteiger partial charge is 0.500 e. The standard InChI is InChI=1S/C45H108O18Si8/c1-45(2,29-21-31-64(33-23-39-66(46-3,47-4)48-5,34-24-40-67(49-6,50-7)51-8)35-25-41-68(52-9,53-10)54-11)30-22-32-65(36-26-42-69(55-12,56-13)57-14,37-27-43-70(58-15,59-16)60-17)38-28-44-71(61-18,62-19)63-20/h21-44H2,1-20H3. The maximum absolute atomic E-state index is 5.91. The first-order valence-electron chi connectivity index (χ1n) is 25.7. The van der Waals surface area contributed by atoms with E-state index in [9.17, 15) is 0 Å². The molecule has 0 bridgehead atoms. The van der Waals surface area contributed by atoms with Crippen molar-refractivity contribution in [2.45, 2.75) is 163 Å². The van der Waals surface area contributed by atoms with Crippen LogP contribution in [0.2, 0.25) is 84.6 Å². The Morgan fingerprint density at radius 2 is 0.324 bits per heavy atom. The first-order valence-corrected chi connectivity index (χ1v) is 42.9. The molecule has 0 aromatic rings. The third-order valence-electron chi connectivity index (χ3n) is 15.9. The molecule has 0 heterocycles. The van der Waals surface area contributed by atoms with Gasteiger partial charge in [-0.25, -0.2) is 0 Å². The van der Waals surface area contributed by atoms with Gasteiger partial charge in [-0.05, 0) is 18.3 Å². The smallest absolute Gasteiger partial charge is 0.377 e. The fourth-order valence-corrected chi connectivity index (χ4v) is 33.8. The van der Waals surface area contributed by atoms with Crippen LogP contribution in [0, 0.1) is 5.41 Å². The van der Waals surface area contributed by atoms with Gasteiger partial charge >= 0.3 is 52.8 Å². The molecule has 0 radical (unpaired) electrons. The SMILES string of the molecule is CO[Si](CCC[Si](CCCC(C)(C)CCC[Si](CCC[Si](OC)(OC)OC)(CCC[Si](OC)(OC)OC)CCC[Si](OC)(OC)OC)(CCC[Si](OC)(OC)OC)CCC[Si](OC)(OC)OC)(OC)OC. The van der Waals surface area contributed by atoms with Gasteiger partial charge in [0.05, 0.1) is 16.1 Å². The van der Waals surface area contributed by atoms with Crippen LogP contribution in [0.5, 0.6) is 0 Å². The minimum absolute atomic E-state index is 0.137. The molecule has 0 fully saturated rings. The Balaban J connectivity index is 6.98. The second-order valence-corrected chi connectivity index (χ2v) is 48.3. The Morgan fingerprint density at radius 3 is 0.451 bits per heavy atom. The van der Waals surface area contributed by atoms with Crippen LogP contribution < -0.4 is 0 Å². The molecule has 0 saturated heterocycles. The molecule has 428 valence electrons. The van der Waals surface area contributed by atoms with Crippen LogP contribution in [-0.2, 0) is 79.7 Å². The van der Waals surface area contributed by atoms with E-state index in [1.165, 1.54) is 12.1 Å². The van der Waals surface area contributed by atoms with Gasteiger partial charge in [-0.1, -0.05) is 114 Å². The van der Waals surface area contributed by atoms with E-state index in [0.717, 1.165) is 137 Å². The summed E-state index contributed by atoms with van der Waals surface area (Å²) in [6.07, 6.45) is 10.4. The van der Waals surface area contributed by atoms with E-state index < -0.39 is 69.0 Å². The summed E-state index contributed by atoms with van der Waals surface area (Å²) < 4.78 is 106. The molecule has 0 aromatic carbocycles. The zero-order chi connectivity index (χ0) is 54.2. The van der Waals surface area contributed by atoms with Gasteiger partial charge in [-0.3, -0.25) is 0 Å². The summed E-state index contributed by atoms with van der Waals surface area (Å²) >= 11 is 0. The van der Waals surface area contributed by atoms with E-state index in [0.29, 0.717) is 0 Å². The monoisotopic (exact) mass is 1160 g/mol. The number of rotatable bonds is 50. The van der Waals surface area contributed by atoms with Gasteiger partial charge in [0.1, 0.15) is 0 Å². The first kappa shape index (κ1) is 72.0. The summed E-state index contributed by atoms with van der Waals surface area (Å²) in [6, 6.07) is 13.8. The zero-order valence-corrected chi connectivity index (χ0v) is 56.8. The Bertz CT molecular complexity index is 1040. The summed E-state index contributed by atoms with van der Waals surface area (Å²) in [5.74, 6) is 0. The lowest BCUT2D eigenvalue weighted by atomic mass is 9.84. The van der Waals surface area contributed by atoms with Gasteiger partial charge in [-0.2, -0.15) is 0 Å². The lowest BCUT2D eigenvalue weighted by molar-refractivity contribution is 0.122. The van der Waals surface area contributed by atoms with E-state index in [-0.39, 0.29) is 5.41 Å². The molecule has 0 atom stereocenters. The molecule has 0 N–H and O–H groups in total. The van der Waals surface area contributed by atoms with Gasteiger partial charge in [0.2, 0.25) is 0 Å². The quantitative estimate of drug-likeness (QED) is 0.0528. The topological polar surface area (TPSA) is 166 Å². The lowest BCUT2D eigenvalue weighted by Gasteiger charge is -2.37. The minimum atomic E-state index is -2.77. The molecular formula is C45H108O18Si8. The van der Waals surface area contributed by atoms with E-state index in [1.807, 2.05) is 0 Å². The number of hydrogen-bond donors (Lipinski definition) is 0. The maximum Gasteiger partial charge on any atom is 0.500 e. The zero-order valence-electron chi connectivity index (χ0n) is 48.8. The summed E-state index contributed by atoms with van der Waals surface area (Å²) in [5, 5.41) is 0. The first-order chi connectivity index (χ1) is 33.7. The predicted molar refractivity (Wildman–Crippen MR) is 299 cm³/mol. The molecule has 0 aliphatic carbocycles. The molecule has 0 aliphatic rings. The van der Waals surface area contributed by atoms with Crippen molar-refractivity contribution >= 4 is 69.0 Å². The van der Waals surface area contributed by atoms with Crippen LogP contribution in [0.3, 0.4) is 0 Å². The summed E-state index contributed by atoms with van der Waals surface area (Å²) in [6.45, 7) is 4.95. The van der Waals surface area contributed by atoms with Gasteiger partial charge in [0.15, 0.2) is 0 Å². The van der Waals surface area contributed by atoms with Gasteiger partial charge in [0, 0.05) is 164 Å². The van der Waals surface area contributed by atoms with Crippen molar-refractivity contribution < 1.29 is 79.7 Å². The fraction of sp³-hybridized carbons (Fsp3) is 1.00. The molecule has 0 saturated carbocycles. The molecule has 0 aliphatic heterocycles. The highest BCUT2D eigenvalue weighted by Gasteiger charge is 2.46. The average molecular weight is 1160 g/mol. The Hall–Kier alpha value is 1.02. The van der Waals surface area contributed by atoms with Crippen LogP contribution in [-0.4, -0.2) is 197 Å². The number of hydrogen-bond acceptors (Lipinski definition) is 18. The molecule has 0 rings (SSSR count). The Morgan fingerprint density at radius 1 is 0.197 bits per heavy atom. The van der Waals surface area contributed by atoms with Gasteiger partial charge < -0.3 is 79.7 Å². The van der Waals surface area contributed by atoms with Crippen LogP contribution in [0.4, 0.5) is 0 Å². The highest BCUT2D eigenvalue weighted by atomic mass is 28.4. The maximum atomic E-state index is 5.91. The summed E-state index contributed by atoms with van der Waals surface area (Å²) in [5.41, 5.74) is 0.137. The van der Waals surface area contributed by atoms with E-state index in [1.54, 1.807) is 128 Å². The lowest BCUT2D eigenvalue weighted by Crippen LogP contribution is -2.45. The van der Waals surface area contributed by atoms with Crippen molar-refractivity contribution in [2.24, 2.45) is 5.41 Å². The van der Waals surface area contributed by atoms with Crippen molar-refractivity contribution in [3.8, 4) is 0 Å². The Labute approximate surface area is 442 Å². The molecule has 26 heteroatoms. The molecule has 18 nitrogen and oxygen atoms in total. The molecule has 0 amide bonds. The third kappa shape index (κ3) is 23.9. The fourth-order valence-electron chi connectivity index (χ4n) is 10.9. The van der Waals surface area contributed by atoms with Crippen molar-refractivity contribution in [2.75, 3.05) is 128 Å². The second-order valence-electron chi connectivity index (χ2n) is 19.8. The molecular weight excluding hydrogens is 1050 g/mol. The highest BCUT2D eigenvalue weighted by Crippen LogP contribution is 2.42. The minimum Gasteiger partial charge on any atom is -0.377 e. The molecule has 0 spiro atoms. The third-order valence-corrected chi connectivity index (χ3v) is 44.2. The van der Waals surface area contributed by atoms with Crippen LogP contribution in [0.25, 0.3) is 0 Å². The van der Waals surface area contributed by atoms with Crippen molar-refractivity contribution in [1.82, 2.24) is 0 Å². The van der Waals surface area contributed by atoms with Crippen molar-refractivity contribution in [3.05, 3.63) is 0 Å². The van der Waals surface area contributed by atoms with Crippen LogP contribution >= 0.6 is 0 Å². The molecule has 0 aromatic heterocycles. The van der Waals surface area contributed by atoms with Crippen molar-refractivity contribution in [3.63, 3.8) is 0 Å².